The fraction of sp³-hybridized carbons (Fsp3) is 0.357. The summed E-state index contributed by atoms with van der Waals surface area (Å²) in [6.45, 7) is 4.87. The predicted octanol–water partition coefficient (Wildman–Crippen LogP) is 3.90. The molecule has 0 unspecified atom stereocenters. The Morgan fingerprint density at radius 3 is 2.84 bits per heavy atom. The quantitative estimate of drug-likeness (QED) is 0.848. The third kappa shape index (κ3) is 2.92. The lowest BCUT2D eigenvalue weighted by atomic mass is 10.2. The number of hydrogen-bond acceptors (Lipinski definition) is 3. The number of hydrogen-bond donors (Lipinski definition) is 1. The normalized spacial score (nSPS) is 10.7. The van der Waals surface area contributed by atoms with E-state index < -0.39 is 0 Å². The van der Waals surface area contributed by atoms with Gasteiger partial charge in [0.1, 0.15) is 11.4 Å². The SMILES string of the molecule is CCCOc1ccc2[nH]c(C(=O)OCC)c(Br)c2c1. The third-order valence-corrected chi connectivity index (χ3v) is 3.48. The summed E-state index contributed by atoms with van der Waals surface area (Å²) >= 11 is 3.44. The first-order valence-corrected chi connectivity index (χ1v) is 7.07. The van der Waals surface area contributed by atoms with Gasteiger partial charge in [-0.2, -0.15) is 0 Å². The zero-order chi connectivity index (χ0) is 13.8. The maximum absolute atomic E-state index is 11.8. The van der Waals surface area contributed by atoms with Crippen LogP contribution in [0.2, 0.25) is 0 Å². The monoisotopic (exact) mass is 325 g/mol. The van der Waals surface area contributed by atoms with Crippen LogP contribution in [0.15, 0.2) is 22.7 Å². The molecule has 0 saturated carbocycles. The molecule has 4 nitrogen and oxygen atoms in total. The number of rotatable bonds is 5. The molecular formula is C14H16BrNO3. The molecular weight excluding hydrogens is 310 g/mol. The van der Waals surface area contributed by atoms with Crippen molar-refractivity contribution in [2.75, 3.05) is 13.2 Å². The highest BCUT2D eigenvalue weighted by molar-refractivity contribution is 9.10. The van der Waals surface area contributed by atoms with E-state index in [2.05, 4.69) is 27.8 Å². The molecule has 102 valence electrons. The number of benzene rings is 1. The van der Waals surface area contributed by atoms with Gasteiger partial charge in [-0.05, 0) is 47.5 Å². The van der Waals surface area contributed by atoms with E-state index in [4.69, 9.17) is 9.47 Å². The van der Waals surface area contributed by atoms with Crippen LogP contribution in [0.5, 0.6) is 5.75 Å². The number of esters is 1. The Labute approximate surface area is 120 Å². The maximum Gasteiger partial charge on any atom is 0.355 e. The van der Waals surface area contributed by atoms with Gasteiger partial charge < -0.3 is 14.5 Å². The third-order valence-electron chi connectivity index (χ3n) is 2.66. The zero-order valence-electron chi connectivity index (χ0n) is 11.0. The Balaban J connectivity index is 2.37. The Bertz CT molecular complexity index is 592. The predicted molar refractivity (Wildman–Crippen MR) is 77.7 cm³/mol. The van der Waals surface area contributed by atoms with Crippen LogP contribution in [-0.2, 0) is 4.74 Å². The lowest BCUT2D eigenvalue weighted by Crippen LogP contribution is -2.05. The smallest absolute Gasteiger partial charge is 0.355 e. The van der Waals surface area contributed by atoms with E-state index in [1.54, 1.807) is 6.92 Å². The van der Waals surface area contributed by atoms with Gasteiger partial charge in [-0.1, -0.05) is 6.92 Å². The van der Waals surface area contributed by atoms with Crippen LogP contribution in [0, 0.1) is 0 Å². The van der Waals surface area contributed by atoms with E-state index >= 15 is 0 Å². The number of nitrogens with one attached hydrogen (secondary N) is 1. The van der Waals surface area contributed by atoms with Gasteiger partial charge in [0.15, 0.2) is 0 Å². The van der Waals surface area contributed by atoms with Crippen molar-refractivity contribution in [2.45, 2.75) is 20.3 Å². The second-order valence-electron chi connectivity index (χ2n) is 4.09. The Kier molecular flexibility index (Phi) is 4.47. The van der Waals surface area contributed by atoms with Crippen molar-refractivity contribution in [3.05, 3.63) is 28.4 Å². The minimum absolute atomic E-state index is 0.353. The van der Waals surface area contributed by atoms with E-state index in [1.165, 1.54) is 0 Å². The summed E-state index contributed by atoms with van der Waals surface area (Å²) in [4.78, 5) is 14.8. The molecule has 1 aromatic heterocycles. The van der Waals surface area contributed by atoms with Gasteiger partial charge in [0, 0.05) is 10.9 Å². The van der Waals surface area contributed by atoms with Gasteiger partial charge in [0.25, 0.3) is 0 Å². The van der Waals surface area contributed by atoms with Crippen molar-refractivity contribution in [3.8, 4) is 5.75 Å². The first kappa shape index (κ1) is 13.9. The van der Waals surface area contributed by atoms with Crippen LogP contribution < -0.4 is 4.74 Å². The van der Waals surface area contributed by atoms with E-state index in [-0.39, 0.29) is 5.97 Å². The average molecular weight is 326 g/mol. The number of fused-ring (bicyclic) bond motifs is 1. The lowest BCUT2D eigenvalue weighted by molar-refractivity contribution is 0.0519. The average Bonchev–Trinajstić information content (AvgIpc) is 2.74. The second kappa shape index (κ2) is 6.10. The highest BCUT2D eigenvalue weighted by atomic mass is 79.9. The van der Waals surface area contributed by atoms with Gasteiger partial charge in [-0.25, -0.2) is 4.79 Å². The molecule has 0 bridgehead atoms. The fourth-order valence-electron chi connectivity index (χ4n) is 1.79. The summed E-state index contributed by atoms with van der Waals surface area (Å²) < 4.78 is 11.3. The molecule has 0 aliphatic carbocycles. The van der Waals surface area contributed by atoms with Crippen LogP contribution in [-0.4, -0.2) is 24.2 Å². The second-order valence-corrected chi connectivity index (χ2v) is 4.88. The molecule has 0 aliphatic heterocycles. The minimum Gasteiger partial charge on any atom is -0.494 e. The summed E-state index contributed by atoms with van der Waals surface area (Å²) in [5.74, 6) is 0.436. The van der Waals surface area contributed by atoms with Crippen molar-refractivity contribution >= 4 is 32.8 Å². The molecule has 0 fully saturated rings. The molecule has 1 heterocycles. The molecule has 0 amide bonds. The van der Waals surface area contributed by atoms with Crippen molar-refractivity contribution in [1.29, 1.82) is 0 Å². The molecule has 2 rings (SSSR count). The first-order chi connectivity index (χ1) is 9.17. The number of halogens is 1. The number of aromatic amines is 1. The molecule has 0 radical (unpaired) electrons. The summed E-state index contributed by atoms with van der Waals surface area (Å²) in [6.07, 6.45) is 0.959. The van der Waals surface area contributed by atoms with Gasteiger partial charge in [-0.15, -0.1) is 0 Å². The van der Waals surface area contributed by atoms with E-state index in [0.717, 1.165) is 23.1 Å². The molecule has 1 aromatic carbocycles. The largest absolute Gasteiger partial charge is 0.494 e. The van der Waals surface area contributed by atoms with Gasteiger partial charge in [-0.3, -0.25) is 0 Å². The molecule has 19 heavy (non-hydrogen) atoms. The maximum atomic E-state index is 11.8. The summed E-state index contributed by atoms with van der Waals surface area (Å²) in [5.41, 5.74) is 1.31. The topological polar surface area (TPSA) is 51.3 Å². The number of H-pyrrole nitrogens is 1. The fourth-order valence-corrected chi connectivity index (χ4v) is 2.38. The molecule has 0 saturated heterocycles. The lowest BCUT2D eigenvalue weighted by Gasteiger charge is -2.03. The van der Waals surface area contributed by atoms with Crippen molar-refractivity contribution in [1.82, 2.24) is 4.98 Å². The van der Waals surface area contributed by atoms with Crippen molar-refractivity contribution < 1.29 is 14.3 Å². The first-order valence-electron chi connectivity index (χ1n) is 6.28. The number of ether oxygens (including phenoxy) is 2. The molecule has 1 N–H and O–H groups in total. The molecule has 0 spiro atoms. The molecule has 2 aromatic rings. The minimum atomic E-state index is -0.360. The van der Waals surface area contributed by atoms with Gasteiger partial charge in [0.05, 0.1) is 17.7 Å². The number of carbonyl (C=O) groups is 1. The Hall–Kier alpha value is -1.49. The van der Waals surface area contributed by atoms with E-state index in [0.29, 0.717) is 23.4 Å². The van der Waals surface area contributed by atoms with Crippen LogP contribution in [0.25, 0.3) is 10.9 Å². The van der Waals surface area contributed by atoms with Gasteiger partial charge in [0.2, 0.25) is 0 Å². The van der Waals surface area contributed by atoms with E-state index in [9.17, 15) is 4.79 Å². The van der Waals surface area contributed by atoms with Gasteiger partial charge >= 0.3 is 5.97 Å². The van der Waals surface area contributed by atoms with Crippen molar-refractivity contribution in [2.24, 2.45) is 0 Å². The molecule has 0 atom stereocenters. The summed E-state index contributed by atoms with van der Waals surface area (Å²) in [7, 11) is 0. The standard InChI is InChI=1S/C14H16BrNO3/c1-3-7-19-9-5-6-11-10(8-9)12(15)13(16-11)14(17)18-4-2/h5-6,8,16H,3-4,7H2,1-2H3. The van der Waals surface area contributed by atoms with Crippen LogP contribution >= 0.6 is 15.9 Å². The van der Waals surface area contributed by atoms with E-state index in [1.807, 2.05) is 18.2 Å². The molecule has 5 heteroatoms. The highest BCUT2D eigenvalue weighted by Gasteiger charge is 2.17. The Morgan fingerprint density at radius 1 is 1.37 bits per heavy atom. The highest BCUT2D eigenvalue weighted by Crippen LogP contribution is 2.31. The van der Waals surface area contributed by atoms with Crippen LogP contribution in [0.4, 0.5) is 0 Å². The summed E-state index contributed by atoms with van der Waals surface area (Å²) in [5, 5.41) is 0.914. The van der Waals surface area contributed by atoms with Crippen LogP contribution in [0.1, 0.15) is 30.8 Å². The van der Waals surface area contributed by atoms with Crippen LogP contribution in [0.3, 0.4) is 0 Å². The Morgan fingerprint density at radius 2 is 2.16 bits per heavy atom. The summed E-state index contributed by atoms with van der Waals surface area (Å²) in [6, 6.07) is 5.69. The number of aromatic nitrogens is 1. The zero-order valence-corrected chi connectivity index (χ0v) is 12.5. The number of carbonyl (C=O) groups excluding carboxylic acids is 1. The molecule has 0 aliphatic rings. The van der Waals surface area contributed by atoms with Crippen molar-refractivity contribution in [3.63, 3.8) is 0 Å².